The second kappa shape index (κ2) is 44.4. The van der Waals surface area contributed by atoms with Crippen LogP contribution in [0, 0.1) is 0 Å². The first kappa shape index (κ1) is 54.3. The van der Waals surface area contributed by atoms with Gasteiger partial charge in [0.05, 0.1) is 25.2 Å². The molecule has 0 spiro atoms. The Labute approximate surface area is 355 Å². The number of carbonyl (C=O) groups excluding carboxylic acids is 2. The molecule has 3 N–H and O–H groups in total. The van der Waals surface area contributed by atoms with Crippen LogP contribution in [0.2, 0.25) is 0 Å². The van der Waals surface area contributed by atoms with E-state index in [2.05, 4.69) is 44.3 Å². The molecule has 6 heteroatoms. The molecule has 6 nitrogen and oxygen atoms in total. The molecule has 3 atom stereocenters. The molecule has 0 aliphatic carbocycles. The fraction of sp³-hybridized carbons (Fsp3) is 0.577. The fourth-order valence-electron chi connectivity index (χ4n) is 6.12. The first-order chi connectivity index (χ1) is 28.5. The highest BCUT2D eigenvalue weighted by Gasteiger charge is 2.23. The number of hydrogen-bond acceptors (Lipinski definition) is 5. The average molecular weight is 802 g/mol. The number of ether oxygens (including phenoxy) is 1. The van der Waals surface area contributed by atoms with Gasteiger partial charge in [0.25, 0.3) is 0 Å². The van der Waals surface area contributed by atoms with Crippen LogP contribution in [0.25, 0.3) is 0 Å². The van der Waals surface area contributed by atoms with Crippen molar-refractivity contribution in [2.75, 3.05) is 6.61 Å². The molecule has 326 valence electrons. The third-order valence-electron chi connectivity index (χ3n) is 9.54. The number of carbonyl (C=O) groups is 2. The van der Waals surface area contributed by atoms with Gasteiger partial charge >= 0.3 is 5.97 Å². The molecule has 0 aliphatic heterocycles. The number of amides is 1. The molecule has 0 rings (SSSR count). The average Bonchev–Trinajstić information content (AvgIpc) is 3.22. The Hall–Kier alpha value is -3.74. The third-order valence-corrected chi connectivity index (χ3v) is 9.54. The summed E-state index contributed by atoms with van der Waals surface area (Å²) in [5.74, 6) is -0.673. The molecule has 0 heterocycles. The fourth-order valence-corrected chi connectivity index (χ4v) is 6.12. The van der Waals surface area contributed by atoms with Gasteiger partial charge in [-0.25, -0.2) is 0 Å². The molecule has 3 unspecified atom stereocenters. The summed E-state index contributed by atoms with van der Waals surface area (Å²) >= 11 is 0. The van der Waals surface area contributed by atoms with Crippen LogP contribution in [0.5, 0.6) is 0 Å². The van der Waals surface area contributed by atoms with Crippen molar-refractivity contribution in [3.63, 3.8) is 0 Å². The van der Waals surface area contributed by atoms with Crippen molar-refractivity contribution in [1.29, 1.82) is 0 Å². The number of allylic oxidation sites excluding steroid dienone is 19. The van der Waals surface area contributed by atoms with Crippen LogP contribution >= 0.6 is 0 Å². The molecule has 0 aromatic rings. The van der Waals surface area contributed by atoms with Crippen LogP contribution in [0.3, 0.4) is 0 Å². The van der Waals surface area contributed by atoms with E-state index in [9.17, 15) is 19.8 Å². The van der Waals surface area contributed by atoms with Gasteiger partial charge in [0.1, 0.15) is 6.10 Å². The maximum atomic E-state index is 13.1. The Kier molecular flexibility index (Phi) is 41.5. The van der Waals surface area contributed by atoms with E-state index in [1.807, 2.05) is 103 Å². The van der Waals surface area contributed by atoms with E-state index in [-0.39, 0.29) is 24.9 Å². The van der Waals surface area contributed by atoms with Crippen molar-refractivity contribution in [1.82, 2.24) is 5.32 Å². The molecular weight excluding hydrogens is 719 g/mol. The summed E-state index contributed by atoms with van der Waals surface area (Å²) in [4.78, 5) is 25.9. The van der Waals surface area contributed by atoms with Crippen molar-refractivity contribution >= 4 is 11.9 Å². The highest BCUT2D eigenvalue weighted by Crippen LogP contribution is 2.15. The number of esters is 1. The Morgan fingerprint density at radius 3 is 1.45 bits per heavy atom. The van der Waals surface area contributed by atoms with Gasteiger partial charge in [0, 0.05) is 12.8 Å². The van der Waals surface area contributed by atoms with E-state index in [1.165, 1.54) is 64.2 Å². The first-order valence-corrected chi connectivity index (χ1v) is 22.9. The molecule has 0 aromatic carbocycles. The van der Waals surface area contributed by atoms with Crippen LogP contribution in [0.4, 0.5) is 0 Å². The standard InChI is InChI=1S/C52H83NO5/c1-4-7-10-13-16-19-22-24-25-27-30-33-36-39-42-45-52(57)58-48(43-40-37-34-31-28-21-18-15-12-9-6-3)46-51(56)53-49(47-54)50(55)44-41-38-35-32-29-26-23-20-17-14-11-8-5-2/h7,9-10,12-13,15-16,18-19,21-22,24-25,27-28,30-31,34,37,40,48-50,54-55H,4-6,8,11,14,17,20,23,26,29,32-33,35-36,38-39,41-47H2,1-3H3,(H,53,56)/b10-7+,12-9+,16-13+,18-15+,22-19-,25-24-,28-21-,30-27+,34-31-,40-37+. The normalized spacial score (nSPS) is 14.5. The lowest BCUT2D eigenvalue weighted by Gasteiger charge is -2.24. The maximum Gasteiger partial charge on any atom is 0.306 e. The molecule has 0 radical (unpaired) electrons. The number of rotatable bonds is 38. The third kappa shape index (κ3) is 39.1. The summed E-state index contributed by atoms with van der Waals surface area (Å²) in [6, 6.07) is -0.755. The van der Waals surface area contributed by atoms with E-state index < -0.39 is 18.2 Å². The predicted octanol–water partition coefficient (Wildman–Crippen LogP) is 13.3. The first-order valence-electron chi connectivity index (χ1n) is 22.9. The van der Waals surface area contributed by atoms with Crippen molar-refractivity contribution < 1.29 is 24.5 Å². The summed E-state index contributed by atoms with van der Waals surface area (Å²) in [6.07, 6.45) is 61.3. The van der Waals surface area contributed by atoms with Crippen LogP contribution in [0.1, 0.15) is 168 Å². The minimum Gasteiger partial charge on any atom is -0.461 e. The molecular formula is C52H83NO5. The molecule has 0 saturated carbocycles. The van der Waals surface area contributed by atoms with Gasteiger partial charge < -0.3 is 20.3 Å². The van der Waals surface area contributed by atoms with Crippen LogP contribution in [-0.4, -0.2) is 46.9 Å². The number of nitrogens with one attached hydrogen (secondary N) is 1. The topological polar surface area (TPSA) is 95.9 Å². The number of aliphatic hydroxyl groups is 2. The lowest BCUT2D eigenvalue weighted by Crippen LogP contribution is -2.46. The lowest BCUT2D eigenvalue weighted by atomic mass is 10.0. The molecule has 0 fully saturated rings. The quantitative estimate of drug-likeness (QED) is 0.0328. The smallest absolute Gasteiger partial charge is 0.306 e. The van der Waals surface area contributed by atoms with Crippen molar-refractivity contribution in [2.24, 2.45) is 0 Å². The summed E-state index contributed by atoms with van der Waals surface area (Å²) in [7, 11) is 0. The molecule has 0 aliphatic rings. The SMILES string of the molecule is CC/C=C/C=C/C=C\C=C/C=C/CCCCCC(=O)OC(C/C=C/C=C\C=C/C=C/C=C/CC)CC(=O)NC(CO)C(O)CCCCCCCCCCCCCCC. The Balaban J connectivity index is 4.81. The second-order valence-electron chi connectivity index (χ2n) is 14.9. The second-order valence-corrected chi connectivity index (χ2v) is 14.9. The van der Waals surface area contributed by atoms with Crippen molar-refractivity contribution in [2.45, 2.75) is 187 Å². The van der Waals surface area contributed by atoms with Gasteiger partial charge in [-0.1, -0.05) is 232 Å². The monoisotopic (exact) mass is 802 g/mol. The summed E-state index contributed by atoms with van der Waals surface area (Å²) in [5.41, 5.74) is 0. The van der Waals surface area contributed by atoms with Gasteiger partial charge in [-0.05, 0) is 38.5 Å². The van der Waals surface area contributed by atoms with Gasteiger partial charge in [0.15, 0.2) is 0 Å². The van der Waals surface area contributed by atoms with Gasteiger partial charge in [-0.2, -0.15) is 0 Å². The number of unbranched alkanes of at least 4 members (excludes halogenated alkanes) is 15. The van der Waals surface area contributed by atoms with E-state index in [0.29, 0.717) is 25.7 Å². The minimum absolute atomic E-state index is 0.0442. The van der Waals surface area contributed by atoms with Gasteiger partial charge in [0.2, 0.25) is 5.91 Å². The maximum absolute atomic E-state index is 13.1. The predicted molar refractivity (Wildman–Crippen MR) is 250 cm³/mol. The van der Waals surface area contributed by atoms with Crippen molar-refractivity contribution in [3.05, 3.63) is 122 Å². The lowest BCUT2D eigenvalue weighted by molar-refractivity contribution is -0.150. The van der Waals surface area contributed by atoms with Crippen LogP contribution < -0.4 is 5.32 Å². The molecule has 58 heavy (non-hydrogen) atoms. The van der Waals surface area contributed by atoms with Crippen LogP contribution in [0.15, 0.2) is 122 Å². The van der Waals surface area contributed by atoms with Gasteiger partial charge in [-0.15, -0.1) is 0 Å². The zero-order valence-electron chi connectivity index (χ0n) is 36.9. The van der Waals surface area contributed by atoms with Crippen LogP contribution in [-0.2, 0) is 14.3 Å². The molecule has 1 amide bonds. The summed E-state index contributed by atoms with van der Waals surface area (Å²) < 4.78 is 5.79. The highest BCUT2D eigenvalue weighted by molar-refractivity contribution is 5.77. The Bertz CT molecular complexity index is 1260. The number of aliphatic hydroxyl groups excluding tert-OH is 2. The zero-order chi connectivity index (χ0) is 42.4. The van der Waals surface area contributed by atoms with E-state index in [4.69, 9.17) is 4.74 Å². The van der Waals surface area contributed by atoms with Crippen molar-refractivity contribution in [3.8, 4) is 0 Å². The summed E-state index contributed by atoms with van der Waals surface area (Å²) in [6.45, 7) is 6.11. The highest BCUT2D eigenvalue weighted by atomic mass is 16.5. The molecule has 0 saturated heterocycles. The molecule has 0 bridgehead atoms. The minimum atomic E-state index is -0.832. The molecule has 0 aromatic heterocycles. The number of hydrogen-bond donors (Lipinski definition) is 3. The zero-order valence-corrected chi connectivity index (χ0v) is 36.9. The Morgan fingerprint density at radius 2 is 0.966 bits per heavy atom. The summed E-state index contributed by atoms with van der Waals surface area (Å²) in [5, 5.41) is 23.6. The largest absolute Gasteiger partial charge is 0.461 e. The van der Waals surface area contributed by atoms with E-state index in [1.54, 1.807) is 0 Å². The van der Waals surface area contributed by atoms with E-state index in [0.717, 1.165) is 51.4 Å². The van der Waals surface area contributed by atoms with Gasteiger partial charge in [-0.3, -0.25) is 9.59 Å². The Morgan fingerprint density at radius 1 is 0.534 bits per heavy atom. The van der Waals surface area contributed by atoms with E-state index >= 15 is 0 Å².